The van der Waals surface area contributed by atoms with Crippen molar-refractivity contribution >= 4 is 40.6 Å². The minimum Gasteiger partial charge on any atom is -0.379 e. The largest absolute Gasteiger partial charge is 0.417 e. The molecule has 1 fully saturated rings. The first-order chi connectivity index (χ1) is 19.6. The van der Waals surface area contributed by atoms with Crippen LogP contribution in [0.1, 0.15) is 43.8 Å². The number of amides is 1. The molecule has 0 spiro atoms. The summed E-state index contributed by atoms with van der Waals surface area (Å²) in [7, 11) is 0. The Kier molecular flexibility index (Phi) is 8.46. The van der Waals surface area contributed by atoms with Crippen LogP contribution in [-0.2, 0) is 22.3 Å². The number of anilines is 1. The van der Waals surface area contributed by atoms with Crippen molar-refractivity contribution < 1.29 is 32.2 Å². The average Bonchev–Trinajstić information content (AvgIpc) is 3.65. The smallest absolute Gasteiger partial charge is 0.379 e. The van der Waals surface area contributed by atoms with Crippen LogP contribution in [0, 0.1) is 0 Å². The van der Waals surface area contributed by atoms with E-state index in [-0.39, 0.29) is 33.6 Å². The molecule has 7 nitrogen and oxygen atoms in total. The van der Waals surface area contributed by atoms with Gasteiger partial charge in [-0.15, -0.1) is 0 Å². The first kappa shape index (κ1) is 28.8. The highest BCUT2D eigenvalue weighted by Gasteiger charge is 2.33. The molecular formula is C29H22Cl2F3N3O4. The molecule has 3 aromatic carbocycles. The third-order valence-corrected chi connectivity index (χ3v) is 6.97. The minimum atomic E-state index is -4.66. The Hall–Kier alpha value is -3.70. The van der Waals surface area contributed by atoms with Crippen LogP contribution in [-0.4, -0.2) is 40.8 Å². The normalized spacial score (nSPS) is 15.2. The zero-order valence-electron chi connectivity index (χ0n) is 21.3. The van der Waals surface area contributed by atoms with Crippen molar-refractivity contribution in [2.45, 2.75) is 25.3 Å². The second kappa shape index (κ2) is 12.0. The molecule has 12 heteroatoms. The van der Waals surface area contributed by atoms with E-state index >= 15 is 0 Å². The lowest BCUT2D eigenvalue weighted by Crippen LogP contribution is -2.16. The lowest BCUT2D eigenvalue weighted by molar-refractivity contribution is -0.137. The van der Waals surface area contributed by atoms with Crippen molar-refractivity contribution in [2.24, 2.45) is 0 Å². The monoisotopic (exact) mass is 603 g/mol. The van der Waals surface area contributed by atoms with E-state index in [9.17, 15) is 22.8 Å². The number of benzene rings is 3. The Morgan fingerprint density at radius 1 is 1.07 bits per heavy atom. The number of nitrogens with zero attached hydrogens (tertiary/aromatic N) is 2. The highest BCUT2D eigenvalue weighted by molar-refractivity contribution is 6.32. The van der Waals surface area contributed by atoms with Crippen LogP contribution < -0.4 is 5.32 Å². The van der Waals surface area contributed by atoms with Crippen molar-refractivity contribution in [1.29, 1.82) is 0 Å². The molecule has 1 amide bonds. The zero-order valence-corrected chi connectivity index (χ0v) is 22.8. The van der Waals surface area contributed by atoms with Gasteiger partial charge in [0.15, 0.2) is 5.78 Å². The summed E-state index contributed by atoms with van der Waals surface area (Å²) in [6.45, 7) is 1.53. The maximum Gasteiger partial charge on any atom is 0.417 e. The number of hydrogen-bond donors (Lipinski definition) is 1. The maximum atomic E-state index is 13.4. The van der Waals surface area contributed by atoms with Crippen LogP contribution in [0.2, 0.25) is 10.0 Å². The van der Waals surface area contributed by atoms with Crippen LogP contribution in [0.3, 0.4) is 0 Å². The van der Waals surface area contributed by atoms with Gasteiger partial charge in [0.05, 0.1) is 53.0 Å². The number of carbonyl (C=O) groups is 2. The molecule has 1 atom stereocenters. The predicted molar refractivity (Wildman–Crippen MR) is 147 cm³/mol. The van der Waals surface area contributed by atoms with Gasteiger partial charge in [-0.1, -0.05) is 35.3 Å². The number of rotatable bonds is 8. The molecule has 2 heterocycles. The predicted octanol–water partition coefficient (Wildman–Crippen LogP) is 6.99. The second-order valence-electron chi connectivity index (χ2n) is 9.31. The van der Waals surface area contributed by atoms with Gasteiger partial charge in [-0.3, -0.25) is 9.59 Å². The zero-order chi connectivity index (χ0) is 29.1. The summed E-state index contributed by atoms with van der Waals surface area (Å²) < 4.78 is 52.2. The molecule has 41 heavy (non-hydrogen) atoms. The number of carbonyl (C=O) groups excluding carboxylic acids is 2. The Morgan fingerprint density at radius 3 is 2.66 bits per heavy atom. The summed E-state index contributed by atoms with van der Waals surface area (Å²) in [6, 6.07) is 14.7. The fourth-order valence-corrected chi connectivity index (χ4v) is 4.68. The van der Waals surface area contributed by atoms with E-state index in [4.69, 9.17) is 32.7 Å². The SMILES string of the molecule is O=C(Nc1ccc(Cl)cc1C(=O)c1cnn(-c2ccc(Cl)c(C(F)(F)F)c2)c1)c1cccc(COC2CCOC2)c1. The standard InChI is InChI=1S/C29H22Cl2F3N3O4/c30-20-4-7-26(36-28(39)18-3-1-2-17(10-18)15-41-22-8-9-40-16-22)23(11-20)27(38)19-13-35-37(14-19)21-5-6-25(31)24(12-21)29(32,33)34/h1-7,10-14,22H,8-9,15-16H2,(H,36,39). The van der Waals surface area contributed by atoms with E-state index in [1.807, 2.05) is 6.07 Å². The number of hydrogen-bond acceptors (Lipinski definition) is 5. The van der Waals surface area contributed by atoms with E-state index in [2.05, 4.69) is 10.4 Å². The van der Waals surface area contributed by atoms with Gasteiger partial charge in [0, 0.05) is 29.0 Å². The number of aromatic nitrogens is 2. The van der Waals surface area contributed by atoms with E-state index in [1.165, 1.54) is 36.7 Å². The fourth-order valence-electron chi connectivity index (χ4n) is 4.28. The average molecular weight is 604 g/mol. The van der Waals surface area contributed by atoms with Crippen molar-refractivity contribution in [3.8, 4) is 5.69 Å². The van der Waals surface area contributed by atoms with Crippen LogP contribution >= 0.6 is 23.2 Å². The van der Waals surface area contributed by atoms with Gasteiger partial charge in [-0.2, -0.15) is 18.3 Å². The van der Waals surface area contributed by atoms with Crippen LogP contribution in [0.4, 0.5) is 18.9 Å². The number of nitrogens with one attached hydrogen (secondary N) is 1. The molecule has 4 aromatic rings. The Morgan fingerprint density at radius 2 is 1.90 bits per heavy atom. The van der Waals surface area contributed by atoms with Crippen molar-refractivity contribution in [2.75, 3.05) is 18.5 Å². The molecule has 1 aliphatic rings. The second-order valence-corrected chi connectivity index (χ2v) is 10.1. The lowest BCUT2D eigenvalue weighted by atomic mass is 10.0. The Labute approximate surface area is 242 Å². The fraction of sp³-hybridized carbons (Fsp3) is 0.207. The number of ether oxygens (including phenoxy) is 2. The highest BCUT2D eigenvalue weighted by Crippen LogP contribution is 2.36. The quantitative estimate of drug-likeness (QED) is 0.220. The number of halogens is 5. The van der Waals surface area contributed by atoms with Gasteiger partial charge >= 0.3 is 6.18 Å². The molecule has 1 N–H and O–H groups in total. The van der Waals surface area contributed by atoms with Crippen LogP contribution in [0.15, 0.2) is 73.1 Å². The summed E-state index contributed by atoms with van der Waals surface area (Å²) in [5, 5.41) is 6.60. The molecule has 1 saturated heterocycles. The highest BCUT2D eigenvalue weighted by atomic mass is 35.5. The van der Waals surface area contributed by atoms with Crippen molar-refractivity contribution in [3.63, 3.8) is 0 Å². The summed E-state index contributed by atoms with van der Waals surface area (Å²) in [5.41, 5.74) is 0.554. The van der Waals surface area contributed by atoms with Gasteiger partial charge in [0.2, 0.25) is 0 Å². The molecule has 5 rings (SSSR count). The third-order valence-electron chi connectivity index (χ3n) is 6.40. The van der Waals surface area contributed by atoms with Gasteiger partial charge in [0.25, 0.3) is 5.91 Å². The van der Waals surface area contributed by atoms with E-state index in [0.29, 0.717) is 25.4 Å². The first-order valence-corrected chi connectivity index (χ1v) is 13.2. The topological polar surface area (TPSA) is 82.5 Å². The minimum absolute atomic E-state index is 0.0193. The summed E-state index contributed by atoms with van der Waals surface area (Å²) in [4.78, 5) is 26.6. The van der Waals surface area contributed by atoms with Crippen LogP contribution in [0.5, 0.6) is 0 Å². The van der Waals surface area contributed by atoms with E-state index in [0.717, 1.165) is 28.8 Å². The third kappa shape index (κ3) is 6.79. The first-order valence-electron chi connectivity index (χ1n) is 12.4. The van der Waals surface area contributed by atoms with Gasteiger partial charge in [-0.05, 0) is 60.5 Å². The van der Waals surface area contributed by atoms with Gasteiger partial charge in [-0.25, -0.2) is 4.68 Å². The Bertz CT molecular complexity index is 1600. The molecule has 0 bridgehead atoms. The van der Waals surface area contributed by atoms with Gasteiger partial charge < -0.3 is 14.8 Å². The molecule has 1 aromatic heterocycles. The number of alkyl halides is 3. The molecule has 1 aliphatic heterocycles. The van der Waals surface area contributed by atoms with Crippen molar-refractivity contribution in [3.05, 3.63) is 111 Å². The maximum absolute atomic E-state index is 13.4. The lowest BCUT2D eigenvalue weighted by Gasteiger charge is -2.12. The summed E-state index contributed by atoms with van der Waals surface area (Å²) >= 11 is 11.9. The molecular weight excluding hydrogens is 582 g/mol. The van der Waals surface area contributed by atoms with E-state index in [1.54, 1.807) is 18.2 Å². The summed E-state index contributed by atoms with van der Waals surface area (Å²) in [5.74, 6) is -0.996. The number of ketones is 1. The van der Waals surface area contributed by atoms with Crippen LogP contribution in [0.25, 0.3) is 5.69 Å². The van der Waals surface area contributed by atoms with E-state index < -0.39 is 28.5 Å². The van der Waals surface area contributed by atoms with Crippen molar-refractivity contribution in [1.82, 2.24) is 9.78 Å². The molecule has 0 aliphatic carbocycles. The Balaban J connectivity index is 1.35. The molecule has 0 saturated carbocycles. The molecule has 1 unspecified atom stereocenters. The summed E-state index contributed by atoms with van der Waals surface area (Å²) in [6.07, 6.45) is -1.32. The molecule has 212 valence electrons. The van der Waals surface area contributed by atoms with Gasteiger partial charge in [0.1, 0.15) is 0 Å². The molecule has 0 radical (unpaired) electrons.